The number of amides is 3. The highest BCUT2D eigenvalue weighted by molar-refractivity contribution is 6.34. The van der Waals surface area contributed by atoms with Crippen LogP contribution in [0.15, 0.2) is 48.5 Å². The summed E-state index contributed by atoms with van der Waals surface area (Å²) in [5.41, 5.74) is 1.39. The lowest BCUT2D eigenvalue weighted by molar-refractivity contribution is -0.122. The van der Waals surface area contributed by atoms with Crippen molar-refractivity contribution in [3.63, 3.8) is 0 Å². The first-order valence-corrected chi connectivity index (χ1v) is 8.56. The molecule has 2 N–H and O–H groups in total. The van der Waals surface area contributed by atoms with Crippen molar-refractivity contribution in [3.8, 4) is 0 Å². The number of nitrogens with one attached hydrogen (secondary N) is 2. The third kappa shape index (κ3) is 3.55. The van der Waals surface area contributed by atoms with Crippen LogP contribution in [0, 0.1) is 5.92 Å². The predicted octanol–water partition coefficient (Wildman–Crippen LogP) is 2.69. The first-order valence-electron chi connectivity index (χ1n) is 8.18. The van der Waals surface area contributed by atoms with E-state index in [4.69, 9.17) is 11.6 Å². The van der Waals surface area contributed by atoms with Gasteiger partial charge in [0.15, 0.2) is 0 Å². The molecule has 1 aliphatic heterocycles. The Balaban J connectivity index is 1.76. The van der Waals surface area contributed by atoms with Crippen LogP contribution in [0.2, 0.25) is 5.02 Å². The van der Waals surface area contributed by atoms with Crippen LogP contribution < -0.4 is 15.5 Å². The van der Waals surface area contributed by atoms with E-state index in [1.807, 2.05) is 0 Å². The smallest absolute Gasteiger partial charge is 0.253 e. The van der Waals surface area contributed by atoms with E-state index >= 15 is 0 Å². The first-order chi connectivity index (χ1) is 12.5. The SMILES string of the molecule is CNC(=O)c1ccccc1NC(=O)[C@H]1CC(=O)N(c2ccccc2Cl)C1. The molecule has 134 valence electrons. The van der Waals surface area contributed by atoms with Crippen LogP contribution in [0.3, 0.4) is 0 Å². The third-order valence-electron chi connectivity index (χ3n) is 4.30. The van der Waals surface area contributed by atoms with Crippen molar-refractivity contribution in [2.24, 2.45) is 5.92 Å². The molecule has 1 aliphatic rings. The number of hydrogen-bond donors (Lipinski definition) is 2. The fourth-order valence-corrected chi connectivity index (χ4v) is 3.18. The largest absolute Gasteiger partial charge is 0.355 e. The summed E-state index contributed by atoms with van der Waals surface area (Å²) < 4.78 is 0. The Labute approximate surface area is 156 Å². The molecule has 1 heterocycles. The van der Waals surface area contributed by atoms with Crippen molar-refractivity contribution in [2.45, 2.75) is 6.42 Å². The molecule has 26 heavy (non-hydrogen) atoms. The maximum Gasteiger partial charge on any atom is 0.253 e. The zero-order valence-corrected chi connectivity index (χ0v) is 14.9. The molecule has 2 aromatic carbocycles. The van der Waals surface area contributed by atoms with Crippen LogP contribution in [0.1, 0.15) is 16.8 Å². The lowest BCUT2D eigenvalue weighted by atomic mass is 10.1. The van der Waals surface area contributed by atoms with Gasteiger partial charge in [-0.15, -0.1) is 0 Å². The van der Waals surface area contributed by atoms with Crippen LogP contribution in [0.25, 0.3) is 0 Å². The van der Waals surface area contributed by atoms with E-state index in [2.05, 4.69) is 10.6 Å². The van der Waals surface area contributed by atoms with Gasteiger partial charge in [0.2, 0.25) is 11.8 Å². The molecular weight excluding hydrogens is 354 g/mol. The normalized spacial score (nSPS) is 16.5. The number of carbonyl (C=O) groups excluding carboxylic acids is 3. The molecule has 0 unspecified atom stereocenters. The van der Waals surface area contributed by atoms with Gasteiger partial charge in [-0.1, -0.05) is 35.9 Å². The average molecular weight is 372 g/mol. The molecule has 7 heteroatoms. The minimum atomic E-state index is -0.517. The van der Waals surface area contributed by atoms with E-state index in [9.17, 15) is 14.4 Å². The van der Waals surface area contributed by atoms with E-state index in [1.165, 1.54) is 11.9 Å². The Morgan fingerprint density at radius 2 is 1.81 bits per heavy atom. The second-order valence-electron chi connectivity index (χ2n) is 5.97. The second-order valence-corrected chi connectivity index (χ2v) is 6.38. The molecule has 0 aromatic heterocycles. The van der Waals surface area contributed by atoms with Crippen LogP contribution in [0.4, 0.5) is 11.4 Å². The molecule has 1 atom stereocenters. The molecule has 2 aromatic rings. The monoisotopic (exact) mass is 371 g/mol. The fraction of sp³-hybridized carbons (Fsp3) is 0.211. The number of halogens is 1. The van der Waals surface area contributed by atoms with Gasteiger partial charge < -0.3 is 15.5 Å². The van der Waals surface area contributed by atoms with Gasteiger partial charge in [0.25, 0.3) is 5.91 Å². The molecule has 0 spiro atoms. The summed E-state index contributed by atoms with van der Waals surface area (Å²) in [6, 6.07) is 13.8. The third-order valence-corrected chi connectivity index (χ3v) is 4.62. The highest BCUT2D eigenvalue weighted by atomic mass is 35.5. The van der Waals surface area contributed by atoms with Gasteiger partial charge in [-0.2, -0.15) is 0 Å². The molecule has 0 aliphatic carbocycles. The summed E-state index contributed by atoms with van der Waals surface area (Å²) in [5.74, 6) is -1.26. The predicted molar refractivity (Wildman–Crippen MR) is 100 cm³/mol. The maximum absolute atomic E-state index is 12.6. The molecule has 3 amide bonds. The number of nitrogens with zero attached hydrogens (tertiary/aromatic N) is 1. The molecule has 6 nitrogen and oxygen atoms in total. The van der Waals surface area contributed by atoms with Crippen molar-refractivity contribution in [1.82, 2.24) is 5.32 Å². The van der Waals surface area contributed by atoms with E-state index < -0.39 is 5.92 Å². The van der Waals surface area contributed by atoms with Crippen molar-refractivity contribution in [2.75, 3.05) is 23.8 Å². The number of carbonyl (C=O) groups is 3. The van der Waals surface area contributed by atoms with Crippen LogP contribution in [0.5, 0.6) is 0 Å². The van der Waals surface area contributed by atoms with Gasteiger partial charge in [0.05, 0.1) is 27.9 Å². The van der Waals surface area contributed by atoms with Gasteiger partial charge >= 0.3 is 0 Å². The van der Waals surface area contributed by atoms with Gasteiger partial charge in [0, 0.05) is 20.0 Å². The highest BCUT2D eigenvalue weighted by Crippen LogP contribution is 2.31. The van der Waals surface area contributed by atoms with Gasteiger partial charge in [0.1, 0.15) is 0 Å². The number of para-hydroxylation sites is 2. The summed E-state index contributed by atoms with van der Waals surface area (Å²) in [5, 5.41) is 5.77. The Morgan fingerprint density at radius 3 is 2.54 bits per heavy atom. The number of benzene rings is 2. The minimum Gasteiger partial charge on any atom is -0.355 e. The highest BCUT2D eigenvalue weighted by Gasteiger charge is 2.36. The fourth-order valence-electron chi connectivity index (χ4n) is 2.95. The van der Waals surface area contributed by atoms with E-state index in [1.54, 1.807) is 48.5 Å². The van der Waals surface area contributed by atoms with Crippen molar-refractivity contribution in [3.05, 3.63) is 59.1 Å². The summed E-state index contributed by atoms with van der Waals surface area (Å²) >= 11 is 6.16. The summed E-state index contributed by atoms with van der Waals surface area (Å²) in [4.78, 5) is 38.4. The molecule has 0 saturated carbocycles. The van der Waals surface area contributed by atoms with Crippen LogP contribution in [-0.2, 0) is 9.59 Å². The zero-order valence-electron chi connectivity index (χ0n) is 14.2. The number of anilines is 2. The Hall–Kier alpha value is -2.86. The molecule has 1 saturated heterocycles. The van der Waals surface area contributed by atoms with Crippen molar-refractivity contribution < 1.29 is 14.4 Å². The lowest BCUT2D eigenvalue weighted by Gasteiger charge is -2.18. The van der Waals surface area contributed by atoms with E-state index in [-0.39, 0.29) is 30.7 Å². The quantitative estimate of drug-likeness (QED) is 0.867. The summed E-state index contributed by atoms with van der Waals surface area (Å²) in [6.07, 6.45) is 0.0964. The molecule has 0 bridgehead atoms. The van der Waals surface area contributed by atoms with Crippen LogP contribution >= 0.6 is 11.6 Å². The lowest BCUT2D eigenvalue weighted by Crippen LogP contribution is -2.29. The topological polar surface area (TPSA) is 78.5 Å². The first kappa shape index (κ1) is 17.9. The number of rotatable bonds is 4. The molecule has 3 rings (SSSR count). The Kier molecular flexibility index (Phi) is 5.23. The average Bonchev–Trinajstić information content (AvgIpc) is 3.03. The maximum atomic E-state index is 12.6. The summed E-state index contributed by atoms with van der Waals surface area (Å²) in [6.45, 7) is 0.247. The molecule has 0 radical (unpaired) electrons. The van der Waals surface area contributed by atoms with Crippen molar-refractivity contribution >= 4 is 40.7 Å². The van der Waals surface area contributed by atoms with Gasteiger partial charge in [-0.3, -0.25) is 14.4 Å². The minimum absolute atomic E-state index is 0.0964. The molecule has 1 fully saturated rings. The van der Waals surface area contributed by atoms with E-state index in [0.717, 1.165) is 0 Å². The zero-order chi connectivity index (χ0) is 18.7. The van der Waals surface area contributed by atoms with Crippen molar-refractivity contribution in [1.29, 1.82) is 0 Å². The van der Waals surface area contributed by atoms with Gasteiger partial charge in [-0.25, -0.2) is 0 Å². The summed E-state index contributed by atoms with van der Waals surface area (Å²) in [7, 11) is 1.53. The molecular formula is C19H18ClN3O3. The second kappa shape index (κ2) is 7.58. The Morgan fingerprint density at radius 1 is 1.12 bits per heavy atom. The Bertz CT molecular complexity index is 869. The van der Waals surface area contributed by atoms with Crippen LogP contribution in [-0.4, -0.2) is 31.3 Å². The van der Waals surface area contributed by atoms with E-state index in [0.29, 0.717) is 22.0 Å². The number of hydrogen-bond acceptors (Lipinski definition) is 3. The standard InChI is InChI=1S/C19H18ClN3O3/c1-21-19(26)13-6-2-4-8-15(13)22-18(25)12-10-17(24)23(11-12)16-9-5-3-7-14(16)20/h2-9,12H,10-11H2,1H3,(H,21,26)(H,22,25)/t12-/m0/s1. The van der Waals surface area contributed by atoms with Gasteiger partial charge in [-0.05, 0) is 24.3 Å².